The molecule has 0 unspecified atom stereocenters. The monoisotopic (exact) mass is 547 g/mol. The number of nitrogens with zero attached hydrogens (tertiary/aromatic N) is 1. The second kappa shape index (κ2) is 11.5. The molecular formula is C21H27FIN3O3S. The van der Waals surface area contributed by atoms with Crippen LogP contribution in [0.15, 0.2) is 58.4 Å². The topological polar surface area (TPSA) is 79.8 Å². The van der Waals surface area contributed by atoms with E-state index in [1.54, 1.807) is 7.05 Å². The van der Waals surface area contributed by atoms with E-state index in [2.05, 4.69) is 15.6 Å². The smallest absolute Gasteiger partial charge is 0.191 e. The lowest BCUT2D eigenvalue weighted by Crippen LogP contribution is -2.39. The lowest BCUT2D eigenvalue weighted by molar-refractivity contribution is 0.296. The molecule has 30 heavy (non-hydrogen) atoms. The Bertz CT molecular complexity index is 965. The number of guanidine groups is 1. The molecule has 0 bridgehead atoms. The van der Waals surface area contributed by atoms with Crippen molar-refractivity contribution in [3.8, 4) is 5.75 Å². The van der Waals surface area contributed by atoms with Crippen molar-refractivity contribution in [2.75, 3.05) is 26.0 Å². The number of hydrogen-bond acceptors (Lipinski definition) is 4. The average molecular weight is 547 g/mol. The van der Waals surface area contributed by atoms with Gasteiger partial charge < -0.3 is 15.4 Å². The van der Waals surface area contributed by atoms with Gasteiger partial charge in [0.25, 0.3) is 0 Å². The number of ether oxygens (including phenoxy) is 1. The van der Waals surface area contributed by atoms with E-state index >= 15 is 0 Å². The summed E-state index contributed by atoms with van der Waals surface area (Å²) < 4.78 is 44.3. The van der Waals surface area contributed by atoms with Gasteiger partial charge in [0.15, 0.2) is 15.8 Å². The number of sulfone groups is 1. The maximum absolute atomic E-state index is 13.8. The minimum absolute atomic E-state index is 0. The van der Waals surface area contributed by atoms with Gasteiger partial charge in [0, 0.05) is 25.7 Å². The van der Waals surface area contributed by atoms with E-state index in [4.69, 9.17) is 4.74 Å². The molecule has 1 saturated carbocycles. The molecule has 9 heteroatoms. The van der Waals surface area contributed by atoms with Crippen LogP contribution >= 0.6 is 24.0 Å². The van der Waals surface area contributed by atoms with Gasteiger partial charge in [-0.15, -0.1) is 24.0 Å². The Labute approximate surface area is 194 Å². The van der Waals surface area contributed by atoms with Crippen molar-refractivity contribution in [2.45, 2.75) is 24.3 Å². The van der Waals surface area contributed by atoms with E-state index < -0.39 is 15.7 Å². The zero-order chi connectivity index (χ0) is 20.7. The van der Waals surface area contributed by atoms with Crippen molar-refractivity contribution >= 4 is 39.8 Å². The largest absolute Gasteiger partial charge is 0.493 e. The van der Waals surface area contributed by atoms with Crippen LogP contribution in [0.25, 0.3) is 0 Å². The molecule has 164 valence electrons. The van der Waals surface area contributed by atoms with Crippen LogP contribution in [0, 0.1) is 11.7 Å². The van der Waals surface area contributed by atoms with Crippen LogP contribution in [-0.4, -0.2) is 40.3 Å². The number of halogens is 2. The van der Waals surface area contributed by atoms with Crippen LogP contribution in [0.4, 0.5) is 4.39 Å². The zero-order valence-corrected chi connectivity index (χ0v) is 20.0. The Kier molecular flexibility index (Phi) is 9.35. The average Bonchev–Trinajstić information content (AvgIpc) is 3.54. The van der Waals surface area contributed by atoms with Crippen LogP contribution in [-0.2, 0) is 16.4 Å². The summed E-state index contributed by atoms with van der Waals surface area (Å²) in [6.07, 6.45) is 2.46. The summed E-state index contributed by atoms with van der Waals surface area (Å²) in [5.41, 5.74) is 0.995. The highest BCUT2D eigenvalue weighted by Crippen LogP contribution is 2.30. The molecular weight excluding hydrogens is 520 g/mol. The van der Waals surface area contributed by atoms with Gasteiger partial charge in [0.1, 0.15) is 16.5 Å². The van der Waals surface area contributed by atoms with Gasteiger partial charge >= 0.3 is 0 Å². The van der Waals surface area contributed by atoms with Crippen LogP contribution in [0.3, 0.4) is 0 Å². The molecule has 3 rings (SSSR count). The van der Waals surface area contributed by atoms with Crippen molar-refractivity contribution in [3.05, 3.63) is 59.9 Å². The molecule has 0 amide bonds. The second-order valence-corrected chi connectivity index (χ2v) is 9.04. The summed E-state index contributed by atoms with van der Waals surface area (Å²) in [5, 5.41) is 6.12. The Hall–Kier alpha value is -1.88. The van der Waals surface area contributed by atoms with Gasteiger partial charge in [-0.3, -0.25) is 4.99 Å². The summed E-state index contributed by atoms with van der Waals surface area (Å²) in [7, 11) is -2.11. The molecule has 2 N–H and O–H groups in total. The lowest BCUT2D eigenvalue weighted by Gasteiger charge is -2.15. The molecule has 6 nitrogen and oxygen atoms in total. The Morgan fingerprint density at radius 3 is 2.53 bits per heavy atom. The quantitative estimate of drug-likeness (QED) is 0.286. The number of benzene rings is 2. The fraction of sp³-hybridized carbons (Fsp3) is 0.381. The van der Waals surface area contributed by atoms with Crippen molar-refractivity contribution in [1.29, 1.82) is 0 Å². The SMILES string of the molecule is CN=C(NCCS(=O)(=O)c1ccccc1F)NCc1ccccc1OCC1CC1.I. The van der Waals surface area contributed by atoms with Gasteiger partial charge in [0.05, 0.1) is 12.4 Å². The summed E-state index contributed by atoms with van der Waals surface area (Å²) in [4.78, 5) is 3.83. The van der Waals surface area contributed by atoms with Crippen LogP contribution in [0.2, 0.25) is 0 Å². The maximum atomic E-state index is 13.8. The fourth-order valence-corrected chi connectivity index (χ4v) is 4.03. The predicted molar refractivity (Wildman–Crippen MR) is 127 cm³/mol. The zero-order valence-electron chi connectivity index (χ0n) is 16.8. The molecule has 2 aromatic rings. The standard InChI is InChI=1S/C21H26FN3O3S.HI/c1-23-21(24-12-13-29(26,27)20-9-5-3-7-18(20)22)25-14-17-6-2-4-8-19(17)28-15-16-10-11-16;/h2-9,16H,10-15H2,1H3,(H2,23,24,25);1H. The third-order valence-corrected chi connectivity index (χ3v) is 6.39. The molecule has 0 spiro atoms. The maximum Gasteiger partial charge on any atom is 0.191 e. The van der Waals surface area contributed by atoms with Crippen molar-refractivity contribution in [1.82, 2.24) is 10.6 Å². The number of rotatable bonds is 9. The first-order valence-corrected chi connectivity index (χ1v) is 11.3. The third-order valence-electron chi connectivity index (χ3n) is 4.65. The van der Waals surface area contributed by atoms with E-state index in [0.29, 0.717) is 18.4 Å². The first-order chi connectivity index (χ1) is 14.0. The van der Waals surface area contributed by atoms with Crippen LogP contribution in [0.5, 0.6) is 5.75 Å². The number of nitrogens with one attached hydrogen (secondary N) is 2. The Morgan fingerprint density at radius 1 is 1.13 bits per heavy atom. The van der Waals surface area contributed by atoms with Crippen molar-refractivity contribution in [3.63, 3.8) is 0 Å². The van der Waals surface area contributed by atoms with Crippen LogP contribution in [0.1, 0.15) is 18.4 Å². The number of para-hydroxylation sites is 1. The van der Waals surface area contributed by atoms with E-state index in [1.807, 2.05) is 24.3 Å². The molecule has 2 aromatic carbocycles. The van der Waals surface area contributed by atoms with Crippen molar-refractivity contribution in [2.24, 2.45) is 10.9 Å². The van der Waals surface area contributed by atoms with E-state index in [0.717, 1.165) is 24.0 Å². The van der Waals surface area contributed by atoms with Gasteiger partial charge in [-0.2, -0.15) is 0 Å². The van der Waals surface area contributed by atoms with Gasteiger partial charge in [-0.05, 0) is 37.0 Å². The Balaban J connectivity index is 0.00000320. The minimum atomic E-state index is -3.72. The summed E-state index contributed by atoms with van der Waals surface area (Å²) >= 11 is 0. The highest BCUT2D eigenvalue weighted by Gasteiger charge is 2.22. The molecule has 0 atom stereocenters. The summed E-state index contributed by atoms with van der Waals surface area (Å²) in [6.45, 7) is 1.33. The van der Waals surface area contributed by atoms with E-state index in [1.165, 1.54) is 31.0 Å². The van der Waals surface area contributed by atoms with E-state index in [-0.39, 0.29) is 41.2 Å². The van der Waals surface area contributed by atoms with E-state index in [9.17, 15) is 12.8 Å². The molecule has 1 aliphatic rings. The molecule has 0 heterocycles. The normalized spacial score (nSPS) is 14.0. The molecule has 0 saturated heterocycles. The third kappa shape index (κ3) is 7.12. The van der Waals surface area contributed by atoms with Gasteiger partial charge in [-0.25, -0.2) is 12.8 Å². The second-order valence-electron chi connectivity index (χ2n) is 6.96. The fourth-order valence-electron chi connectivity index (χ4n) is 2.79. The highest BCUT2D eigenvalue weighted by atomic mass is 127. The highest BCUT2D eigenvalue weighted by molar-refractivity contribution is 14.0. The first-order valence-electron chi connectivity index (χ1n) is 9.62. The Morgan fingerprint density at radius 2 is 1.83 bits per heavy atom. The number of hydrogen-bond donors (Lipinski definition) is 2. The van der Waals surface area contributed by atoms with Gasteiger partial charge in [-0.1, -0.05) is 30.3 Å². The summed E-state index contributed by atoms with van der Waals surface area (Å²) in [5.74, 6) is 0.991. The number of aliphatic imine (C=N–C) groups is 1. The van der Waals surface area contributed by atoms with Crippen LogP contribution < -0.4 is 15.4 Å². The van der Waals surface area contributed by atoms with Crippen molar-refractivity contribution < 1.29 is 17.5 Å². The molecule has 1 aliphatic carbocycles. The van der Waals surface area contributed by atoms with Gasteiger partial charge in [0.2, 0.25) is 0 Å². The summed E-state index contributed by atoms with van der Waals surface area (Å²) in [6, 6.07) is 13.2. The predicted octanol–water partition coefficient (Wildman–Crippen LogP) is 3.37. The minimum Gasteiger partial charge on any atom is -0.493 e. The first kappa shape index (κ1) is 24.4. The lowest BCUT2D eigenvalue weighted by atomic mass is 10.2. The molecule has 0 aromatic heterocycles. The molecule has 1 fully saturated rings. The molecule has 0 radical (unpaired) electrons. The molecule has 0 aliphatic heterocycles.